The van der Waals surface area contributed by atoms with Gasteiger partial charge >= 0.3 is 5.97 Å². The number of ether oxygens (including phenoxy) is 3. The van der Waals surface area contributed by atoms with Crippen LogP contribution in [-0.4, -0.2) is 56.3 Å². The first-order valence-electron chi connectivity index (χ1n) is 7.69. The minimum atomic E-state index is -0.576. The molecule has 0 atom stereocenters. The van der Waals surface area contributed by atoms with Crippen LogP contribution in [0.15, 0.2) is 36.7 Å². The SMILES string of the molecule is COc1ccc(OC)c(NC(=O)COC(=O)CN(C)c2ncccn2)c1. The zero-order valence-corrected chi connectivity index (χ0v) is 14.8. The summed E-state index contributed by atoms with van der Waals surface area (Å²) in [5.74, 6) is 0.334. The zero-order chi connectivity index (χ0) is 18.9. The Bertz CT molecular complexity index is 754. The van der Waals surface area contributed by atoms with Gasteiger partial charge in [-0.25, -0.2) is 9.97 Å². The first kappa shape index (κ1) is 19.0. The molecule has 0 aliphatic rings. The summed E-state index contributed by atoms with van der Waals surface area (Å²) in [5, 5.41) is 2.62. The number of carbonyl (C=O) groups excluding carboxylic acids is 2. The third kappa shape index (κ3) is 5.33. The van der Waals surface area contributed by atoms with Crippen molar-refractivity contribution in [3.63, 3.8) is 0 Å². The minimum Gasteiger partial charge on any atom is -0.497 e. The number of likely N-dealkylation sites (N-methyl/N-ethyl adjacent to an activating group) is 1. The second-order valence-electron chi connectivity index (χ2n) is 5.18. The minimum absolute atomic E-state index is 0.0836. The van der Waals surface area contributed by atoms with Gasteiger partial charge in [-0.3, -0.25) is 9.59 Å². The van der Waals surface area contributed by atoms with Crippen molar-refractivity contribution < 1.29 is 23.8 Å². The molecular formula is C17H20N4O5. The summed E-state index contributed by atoms with van der Waals surface area (Å²) in [5.41, 5.74) is 0.419. The summed E-state index contributed by atoms with van der Waals surface area (Å²) in [6.45, 7) is -0.511. The van der Waals surface area contributed by atoms with Crippen molar-refractivity contribution in [2.45, 2.75) is 0 Å². The number of carbonyl (C=O) groups is 2. The predicted octanol–water partition coefficient (Wildman–Crippen LogP) is 1.11. The van der Waals surface area contributed by atoms with Gasteiger partial charge in [0.2, 0.25) is 5.95 Å². The Kier molecular flexibility index (Phi) is 6.72. The predicted molar refractivity (Wildman–Crippen MR) is 94.4 cm³/mol. The van der Waals surface area contributed by atoms with E-state index in [-0.39, 0.29) is 6.54 Å². The molecule has 1 N–H and O–H groups in total. The Morgan fingerprint density at radius 2 is 1.88 bits per heavy atom. The van der Waals surface area contributed by atoms with Crippen LogP contribution in [-0.2, 0) is 14.3 Å². The molecule has 0 bridgehead atoms. The monoisotopic (exact) mass is 360 g/mol. The van der Waals surface area contributed by atoms with Gasteiger partial charge in [0.05, 0.1) is 19.9 Å². The average Bonchev–Trinajstić information content (AvgIpc) is 2.67. The molecular weight excluding hydrogens is 340 g/mol. The van der Waals surface area contributed by atoms with E-state index in [9.17, 15) is 9.59 Å². The van der Waals surface area contributed by atoms with E-state index in [4.69, 9.17) is 14.2 Å². The number of hydrogen-bond donors (Lipinski definition) is 1. The molecule has 0 spiro atoms. The lowest BCUT2D eigenvalue weighted by Gasteiger charge is -2.15. The topological polar surface area (TPSA) is 103 Å². The number of nitrogens with one attached hydrogen (secondary N) is 1. The van der Waals surface area contributed by atoms with Gasteiger partial charge in [0.1, 0.15) is 18.0 Å². The fourth-order valence-electron chi connectivity index (χ4n) is 2.04. The zero-order valence-electron chi connectivity index (χ0n) is 14.8. The summed E-state index contributed by atoms with van der Waals surface area (Å²) in [4.78, 5) is 33.4. The number of rotatable bonds is 8. The van der Waals surface area contributed by atoms with E-state index in [2.05, 4.69) is 15.3 Å². The highest BCUT2D eigenvalue weighted by Crippen LogP contribution is 2.28. The molecule has 1 amide bonds. The van der Waals surface area contributed by atoms with Crippen molar-refractivity contribution in [1.29, 1.82) is 0 Å². The highest BCUT2D eigenvalue weighted by molar-refractivity contribution is 5.94. The van der Waals surface area contributed by atoms with Crippen molar-refractivity contribution in [2.75, 3.05) is 44.6 Å². The Labute approximate surface area is 150 Å². The van der Waals surface area contributed by atoms with Crippen LogP contribution in [0.1, 0.15) is 0 Å². The van der Waals surface area contributed by atoms with Crippen molar-refractivity contribution >= 4 is 23.5 Å². The maximum Gasteiger partial charge on any atom is 0.326 e. The molecule has 0 aliphatic carbocycles. The Morgan fingerprint density at radius 3 is 2.54 bits per heavy atom. The number of amides is 1. The van der Waals surface area contributed by atoms with Gasteiger partial charge in [0.25, 0.3) is 5.91 Å². The third-order valence-corrected chi connectivity index (χ3v) is 3.30. The van der Waals surface area contributed by atoms with Crippen LogP contribution in [0.2, 0.25) is 0 Å². The number of benzene rings is 1. The summed E-state index contributed by atoms with van der Waals surface area (Å²) in [6, 6.07) is 6.65. The van der Waals surface area contributed by atoms with Crippen LogP contribution >= 0.6 is 0 Å². The van der Waals surface area contributed by atoms with Crippen molar-refractivity contribution in [3.05, 3.63) is 36.7 Å². The van der Waals surface area contributed by atoms with Gasteiger partial charge < -0.3 is 24.4 Å². The number of esters is 1. The molecule has 0 unspecified atom stereocenters. The van der Waals surface area contributed by atoms with E-state index >= 15 is 0 Å². The molecule has 0 saturated heterocycles. The molecule has 0 fully saturated rings. The lowest BCUT2D eigenvalue weighted by molar-refractivity contribution is -0.145. The Morgan fingerprint density at radius 1 is 1.15 bits per heavy atom. The second-order valence-corrected chi connectivity index (χ2v) is 5.18. The van der Waals surface area contributed by atoms with Crippen LogP contribution in [0.3, 0.4) is 0 Å². The standard InChI is InChI=1S/C17H20N4O5/c1-21(17-18-7-4-8-19-17)10-16(23)26-11-15(22)20-13-9-12(24-2)5-6-14(13)25-3/h4-9H,10-11H2,1-3H3,(H,20,22). The Balaban J connectivity index is 1.86. The summed E-state index contributed by atoms with van der Waals surface area (Å²) < 4.78 is 15.3. The molecule has 138 valence electrons. The first-order chi connectivity index (χ1) is 12.5. The van der Waals surface area contributed by atoms with E-state index in [0.717, 1.165) is 0 Å². The quantitative estimate of drug-likeness (QED) is 0.699. The number of hydrogen-bond acceptors (Lipinski definition) is 8. The van der Waals surface area contributed by atoms with Gasteiger partial charge in [-0.2, -0.15) is 0 Å². The molecule has 1 aromatic heterocycles. The van der Waals surface area contributed by atoms with Crippen LogP contribution < -0.4 is 19.7 Å². The maximum atomic E-state index is 12.0. The van der Waals surface area contributed by atoms with Crippen LogP contribution in [0.5, 0.6) is 11.5 Å². The number of methoxy groups -OCH3 is 2. The molecule has 0 radical (unpaired) electrons. The fourth-order valence-corrected chi connectivity index (χ4v) is 2.04. The lowest BCUT2D eigenvalue weighted by Crippen LogP contribution is -2.30. The maximum absolute atomic E-state index is 12.0. The van der Waals surface area contributed by atoms with Crippen molar-refractivity contribution in [1.82, 2.24) is 9.97 Å². The molecule has 26 heavy (non-hydrogen) atoms. The second kappa shape index (κ2) is 9.21. The smallest absolute Gasteiger partial charge is 0.326 e. The largest absolute Gasteiger partial charge is 0.497 e. The molecule has 1 aromatic carbocycles. The van der Waals surface area contributed by atoms with Crippen molar-refractivity contribution in [3.8, 4) is 11.5 Å². The molecule has 0 saturated carbocycles. The van der Waals surface area contributed by atoms with E-state index in [1.165, 1.54) is 19.1 Å². The van der Waals surface area contributed by atoms with E-state index in [0.29, 0.717) is 23.1 Å². The third-order valence-electron chi connectivity index (χ3n) is 3.30. The van der Waals surface area contributed by atoms with Crippen molar-refractivity contribution in [2.24, 2.45) is 0 Å². The van der Waals surface area contributed by atoms with Gasteiger partial charge in [-0.05, 0) is 18.2 Å². The van der Waals surface area contributed by atoms with E-state index in [1.807, 2.05) is 0 Å². The molecule has 9 nitrogen and oxygen atoms in total. The van der Waals surface area contributed by atoms with E-state index < -0.39 is 18.5 Å². The molecule has 1 heterocycles. The van der Waals surface area contributed by atoms with Gasteiger partial charge in [-0.1, -0.05) is 0 Å². The highest BCUT2D eigenvalue weighted by atomic mass is 16.5. The highest BCUT2D eigenvalue weighted by Gasteiger charge is 2.14. The number of aromatic nitrogens is 2. The van der Waals surface area contributed by atoms with Crippen LogP contribution in [0.25, 0.3) is 0 Å². The summed E-state index contributed by atoms with van der Waals surface area (Å²) in [6.07, 6.45) is 3.14. The summed E-state index contributed by atoms with van der Waals surface area (Å²) >= 11 is 0. The molecule has 0 aliphatic heterocycles. The average molecular weight is 360 g/mol. The first-order valence-corrected chi connectivity index (χ1v) is 7.69. The number of anilines is 2. The fraction of sp³-hybridized carbons (Fsp3) is 0.294. The molecule has 2 rings (SSSR count). The number of nitrogens with zero attached hydrogens (tertiary/aromatic N) is 3. The van der Waals surface area contributed by atoms with Gasteiger partial charge in [0.15, 0.2) is 6.61 Å². The van der Waals surface area contributed by atoms with E-state index in [1.54, 1.807) is 43.7 Å². The van der Waals surface area contributed by atoms with Crippen LogP contribution in [0.4, 0.5) is 11.6 Å². The molecule has 9 heteroatoms. The Hall–Kier alpha value is -3.36. The molecule has 2 aromatic rings. The van der Waals surface area contributed by atoms with Gasteiger partial charge in [0, 0.05) is 25.5 Å². The van der Waals surface area contributed by atoms with Crippen LogP contribution in [0, 0.1) is 0 Å². The normalized spacial score (nSPS) is 9.96. The van der Waals surface area contributed by atoms with Gasteiger partial charge in [-0.15, -0.1) is 0 Å². The lowest BCUT2D eigenvalue weighted by atomic mass is 10.2. The summed E-state index contributed by atoms with van der Waals surface area (Å²) in [7, 11) is 4.65.